The van der Waals surface area contributed by atoms with Gasteiger partial charge in [0.05, 0.1) is 0 Å². The minimum absolute atomic E-state index is 0.0623. The summed E-state index contributed by atoms with van der Waals surface area (Å²) >= 11 is 0. The van der Waals surface area contributed by atoms with Gasteiger partial charge >= 0.3 is 6.18 Å². The second-order valence-corrected chi connectivity index (χ2v) is 6.58. The van der Waals surface area contributed by atoms with E-state index in [4.69, 9.17) is 5.73 Å². The molecule has 11 heteroatoms. The summed E-state index contributed by atoms with van der Waals surface area (Å²) in [6, 6.07) is 3.58. The van der Waals surface area contributed by atoms with Crippen LogP contribution in [-0.2, 0) is 6.18 Å². The number of H-pyrrole nitrogens is 1. The molecule has 5 N–H and O–H groups in total. The van der Waals surface area contributed by atoms with Gasteiger partial charge in [-0.1, -0.05) is 0 Å². The zero-order valence-corrected chi connectivity index (χ0v) is 14.7. The van der Waals surface area contributed by atoms with Crippen LogP contribution in [0, 0.1) is 0 Å². The first-order valence-corrected chi connectivity index (χ1v) is 8.69. The third kappa shape index (κ3) is 4.78. The number of anilines is 1. The number of carbonyl (C=O) groups excluding carboxylic acids is 2. The fourth-order valence-corrected chi connectivity index (χ4v) is 3.09. The van der Waals surface area contributed by atoms with Crippen LogP contribution in [0.3, 0.4) is 0 Å². The van der Waals surface area contributed by atoms with Gasteiger partial charge in [-0.2, -0.15) is 13.2 Å². The molecule has 1 aliphatic rings. The summed E-state index contributed by atoms with van der Waals surface area (Å²) in [6.07, 6.45) is -0.880. The lowest BCUT2D eigenvalue weighted by atomic mass is 9.91. The SMILES string of the molecule is NC(=O)c1ccc(C(=O)NC2CCC(Nc3nccc(C(F)(F)F)n3)CC2)[nH]1. The number of amides is 2. The number of primary amides is 1. The van der Waals surface area contributed by atoms with Crippen LogP contribution in [0.1, 0.15) is 52.4 Å². The number of halogens is 3. The van der Waals surface area contributed by atoms with Gasteiger partial charge in [-0.3, -0.25) is 9.59 Å². The number of nitrogens with one attached hydrogen (secondary N) is 3. The molecule has 2 aromatic rings. The van der Waals surface area contributed by atoms with Crippen LogP contribution in [0.15, 0.2) is 24.4 Å². The van der Waals surface area contributed by atoms with Crippen LogP contribution < -0.4 is 16.4 Å². The predicted molar refractivity (Wildman–Crippen MR) is 93.5 cm³/mol. The number of nitrogens with two attached hydrogens (primary N) is 1. The number of aromatic amines is 1. The molecule has 8 nitrogen and oxygen atoms in total. The molecule has 2 amide bonds. The number of hydrogen-bond acceptors (Lipinski definition) is 5. The second-order valence-electron chi connectivity index (χ2n) is 6.58. The Hall–Kier alpha value is -3.11. The molecule has 2 heterocycles. The van der Waals surface area contributed by atoms with E-state index in [1.54, 1.807) is 0 Å². The van der Waals surface area contributed by atoms with Gasteiger partial charge in [0, 0.05) is 18.3 Å². The highest BCUT2D eigenvalue weighted by atomic mass is 19.4. The minimum Gasteiger partial charge on any atom is -0.364 e. The molecule has 28 heavy (non-hydrogen) atoms. The van der Waals surface area contributed by atoms with Gasteiger partial charge < -0.3 is 21.4 Å². The Bertz CT molecular complexity index is 859. The highest BCUT2D eigenvalue weighted by molar-refractivity contribution is 5.96. The minimum atomic E-state index is -4.52. The fourth-order valence-electron chi connectivity index (χ4n) is 3.09. The number of aromatic nitrogens is 3. The lowest BCUT2D eigenvalue weighted by Gasteiger charge is -2.29. The Balaban J connectivity index is 1.50. The summed E-state index contributed by atoms with van der Waals surface area (Å²) in [6.45, 7) is 0. The van der Waals surface area contributed by atoms with Crippen LogP contribution in [0.4, 0.5) is 19.1 Å². The predicted octanol–water partition coefficient (Wildman–Crippen LogP) is 2.08. The molecule has 3 rings (SSSR count). The van der Waals surface area contributed by atoms with Gasteiger partial charge in [-0.15, -0.1) is 0 Å². The van der Waals surface area contributed by atoms with Crippen LogP contribution in [0.25, 0.3) is 0 Å². The van der Waals surface area contributed by atoms with Crippen LogP contribution in [0.5, 0.6) is 0 Å². The highest BCUT2D eigenvalue weighted by Crippen LogP contribution is 2.28. The Morgan fingerprint density at radius 3 is 2.32 bits per heavy atom. The summed E-state index contributed by atoms with van der Waals surface area (Å²) in [7, 11) is 0. The maximum atomic E-state index is 12.7. The highest BCUT2D eigenvalue weighted by Gasteiger charge is 2.33. The van der Waals surface area contributed by atoms with Crippen molar-refractivity contribution in [2.75, 3.05) is 5.32 Å². The number of alkyl halides is 3. The van der Waals surface area contributed by atoms with E-state index in [0.717, 1.165) is 12.3 Å². The third-order valence-electron chi connectivity index (χ3n) is 4.54. The smallest absolute Gasteiger partial charge is 0.364 e. The van der Waals surface area contributed by atoms with E-state index in [2.05, 4.69) is 25.6 Å². The first-order valence-electron chi connectivity index (χ1n) is 8.69. The average Bonchev–Trinajstić information content (AvgIpc) is 3.14. The van der Waals surface area contributed by atoms with Crippen molar-refractivity contribution in [1.82, 2.24) is 20.3 Å². The van der Waals surface area contributed by atoms with E-state index >= 15 is 0 Å². The topological polar surface area (TPSA) is 126 Å². The lowest BCUT2D eigenvalue weighted by Crippen LogP contribution is -2.40. The van der Waals surface area contributed by atoms with Gasteiger partial charge in [-0.05, 0) is 43.9 Å². The summed E-state index contributed by atoms with van der Waals surface area (Å²) in [5.74, 6) is -1.06. The van der Waals surface area contributed by atoms with Gasteiger partial charge in [0.1, 0.15) is 17.1 Å². The number of carbonyl (C=O) groups is 2. The van der Waals surface area contributed by atoms with Gasteiger partial charge in [0.25, 0.3) is 11.8 Å². The van der Waals surface area contributed by atoms with E-state index in [1.165, 1.54) is 12.1 Å². The fraction of sp³-hybridized carbons (Fsp3) is 0.412. The van der Waals surface area contributed by atoms with Crippen molar-refractivity contribution in [3.8, 4) is 0 Å². The van der Waals surface area contributed by atoms with E-state index < -0.39 is 17.8 Å². The zero-order chi connectivity index (χ0) is 20.3. The lowest BCUT2D eigenvalue weighted by molar-refractivity contribution is -0.141. The van der Waals surface area contributed by atoms with Gasteiger partial charge in [0.15, 0.2) is 0 Å². The first-order chi connectivity index (χ1) is 13.2. The van der Waals surface area contributed by atoms with Crippen molar-refractivity contribution in [2.24, 2.45) is 5.73 Å². The molecule has 0 bridgehead atoms. The molecule has 0 saturated heterocycles. The Kier molecular flexibility index (Phi) is 5.52. The van der Waals surface area contributed by atoms with E-state index in [9.17, 15) is 22.8 Å². The molecule has 1 fully saturated rings. The van der Waals surface area contributed by atoms with E-state index in [1.807, 2.05) is 0 Å². The number of rotatable bonds is 5. The Morgan fingerprint density at radius 1 is 1.07 bits per heavy atom. The van der Waals surface area contributed by atoms with Crippen molar-refractivity contribution < 1.29 is 22.8 Å². The van der Waals surface area contributed by atoms with Crippen molar-refractivity contribution in [3.63, 3.8) is 0 Å². The molecule has 0 radical (unpaired) electrons. The molecular formula is C17H19F3N6O2. The summed E-state index contributed by atoms with van der Waals surface area (Å²) < 4.78 is 38.2. The van der Waals surface area contributed by atoms with Crippen molar-refractivity contribution >= 4 is 17.8 Å². The van der Waals surface area contributed by atoms with E-state index in [-0.39, 0.29) is 35.3 Å². The molecule has 2 aromatic heterocycles. The third-order valence-corrected chi connectivity index (χ3v) is 4.54. The first kappa shape index (κ1) is 19.6. The Labute approximate surface area is 158 Å². The van der Waals surface area contributed by atoms with E-state index in [0.29, 0.717) is 25.7 Å². The molecule has 0 atom stereocenters. The summed E-state index contributed by atoms with van der Waals surface area (Å²) in [4.78, 5) is 33.3. The Morgan fingerprint density at radius 2 is 1.71 bits per heavy atom. The number of hydrogen-bond donors (Lipinski definition) is 4. The van der Waals surface area contributed by atoms with Crippen LogP contribution in [-0.4, -0.2) is 38.8 Å². The quantitative estimate of drug-likeness (QED) is 0.616. The second kappa shape index (κ2) is 7.87. The van der Waals surface area contributed by atoms with Crippen molar-refractivity contribution in [1.29, 1.82) is 0 Å². The molecule has 150 valence electrons. The van der Waals surface area contributed by atoms with Crippen LogP contribution in [0.2, 0.25) is 0 Å². The van der Waals surface area contributed by atoms with Crippen molar-refractivity contribution in [3.05, 3.63) is 41.5 Å². The maximum absolute atomic E-state index is 12.7. The summed E-state index contributed by atoms with van der Waals surface area (Å²) in [5, 5.41) is 5.79. The summed E-state index contributed by atoms with van der Waals surface area (Å²) in [5.41, 5.74) is 4.54. The normalized spacial score (nSPS) is 19.8. The molecule has 1 saturated carbocycles. The monoisotopic (exact) mass is 396 g/mol. The maximum Gasteiger partial charge on any atom is 0.433 e. The average molecular weight is 396 g/mol. The largest absolute Gasteiger partial charge is 0.433 e. The van der Waals surface area contributed by atoms with Gasteiger partial charge in [0.2, 0.25) is 5.95 Å². The molecule has 0 aromatic carbocycles. The molecular weight excluding hydrogens is 377 g/mol. The molecule has 0 spiro atoms. The standard InChI is InChI=1S/C17H19F3N6O2/c18-17(19,20)13-7-8-22-16(26-13)24-10-3-1-9(2-4-10)23-15(28)12-6-5-11(25-12)14(21)27/h5-10,25H,1-4H2,(H2,21,27)(H,23,28)(H,22,24,26). The van der Waals surface area contributed by atoms with Crippen LogP contribution >= 0.6 is 0 Å². The number of nitrogens with zero attached hydrogens (tertiary/aromatic N) is 2. The molecule has 0 aliphatic heterocycles. The molecule has 0 unspecified atom stereocenters. The molecule has 1 aliphatic carbocycles. The van der Waals surface area contributed by atoms with Gasteiger partial charge in [-0.25, -0.2) is 9.97 Å². The van der Waals surface area contributed by atoms with Crippen molar-refractivity contribution in [2.45, 2.75) is 43.9 Å². The zero-order valence-electron chi connectivity index (χ0n) is 14.7.